The second-order valence-electron chi connectivity index (χ2n) is 7.93. The van der Waals surface area contributed by atoms with E-state index in [1.165, 1.54) is 4.31 Å². The molecule has 2 aliphatic heterocycles. The molecule has 30 heavy (non-hydrogen) atoms. The molecular weight excluding hydrogens is 406 g/mol. The number of imidazole rings is 1. The Morgan fingerprint density at radius 1 is 0.967 bits per heavy atom. The molecule has 0 spiro atoms. The van der Waals surface area contributed by atoms with Crippen molar-refractivity contribution in [3.8, 4) is 0 Å². The zero-order valence-corrected chi connectivity index (χ0v) is 18.5. The highest BCUT2D eigenvalue weighted by Gasteiger charge is 2.31. The molecule has 0 amide bonds. The molecule has 164 valence electrons. The van der Waals surface area contributed by atoms with Crippen molar-refractivity contribution in [2.75, 3.05) is 62.3 Å². The van der Waals surface area contributed by atoms with Crippen LogP contribution >= 0.6 is 0 Å². The minimum absolute atomic E-state index is 0.124. The summed E-state index contributed by atoms with van der Waals surface area (Å²) in [6.07, 6.45) is 3.18. The lowest BCUT2D eigenvalue weighted by Crippen LogP contribution is -2.49. The molecule has 0 saturated carbocycles. The largest absolute Gasteiger partial charge is 0.378 e. The molecule has 2 aromatic heterocycles. The van der Waals surface area contributed by atoms with Gasteiger partial charge in [0.2, 0.25) is 0 Å². The Bertz CT molecular complexity index is 978. The average molecular weight is 436 g/mol. The van der Waals surface area contributed by atoms with E-state index in [1.807, 2.05) is 27.0 Å². The van der Waals surface area contributed by atoms with E-state index in [1.54, 1.807) is 17.1 Å². The van der Waals surface area contributed by atoms with Crippen molar-refractivity contribution in [2.45, 2.75) is 24.8 Å². The summed E-state index contributed by atoms with van der Waals surface area (Å²) in [7, 11) is -1.77. The number of nitrogens with zero attached hydrogens (tertiary/aromatic N) is 7. The summed E-state index contributed by atoms with van der Waals surface area (Å²) in [5, 5.41) is 0.124. The van der Waals surface area contributed by atoms with Crippen LogP contribution in [0, 0.1) is 0 Å². The third kappa shape index (κ3) is 4.14. The number of ether oxygens (including phenoxy) is 1. The SMILES string of the molecule is CC(C)c1nc(S(=O)(=O)N2CCN(c3cc(N4CCOCC4)ncn3)CC2)cn1C. The zero-order valence-electron chi connectivity index (χ0n) is 17.7. The quantitative estimate of drug-likeness (QED) is 0.677. The van der Waals surface area contributed by atoms with Crippen LogP contribution in [0.4, 0.5) is 11.6 Å². The van der Waals surface area contributed by atoms with Gasteiger partial charge in [-0.3, -0.25) is 0 Å². The van der Waals surface area contributed by atoms with Crippen LogP contribution in [0.5, 0.6) is 0 Å². The zero-order chi connectivity index (χ0) is 21.3. The number of sulfonamides is 1. The molecule has 0 unspecified atom stereocenters. The van der Waals surface area contributed by atoms with Crippen LogP contribution in [0.1, 0.15) is 25.6 Å². The number of hydrogen-bond acceptors (Lipinski definition) is 8. The Morgan fingerprint density at radius 3 is 2.13 bits per heavy atom. The summed E-state index contributed by atoms with van der Waals surface area (Å²) in [5.41, 5.74) is 0. The first kappa shape index (κ1) is 21.0. The van der Waals surface area contributed by atoms with E-state index in [0.29, 0.717) is 39.4 Å². The molecule has 0 bridgehead atoms. The third-order valence-corrected chi connectivity index (χ3v) is 7.32. The molecular formula is C19H29N7O3S. The fourth-order valence-corrected chi connectivity index (χ4v) is 5.29. The lowest BCUT2D eigenvalue weighted by atomic mass is 10.2. The fraction of sp³-hybridized carbons (Fsp3) is 0.632. The maximum absolute atomic E-state index is 13.1. The monoisotopic (exact) mass is 435 g/mol. The Balaban J connectivity index is 1.44. The predicted molar refractivity (Wildman–Crippen MR) is 113 cm³/mol. The van der Waals surface area contributed by atoms with E-state index in [9.17, 15) is 8.42 Å². The molecule has 0 radical (unpaired) electrons. The van der Waals surface area contributed by atoms with E-state index in [2.05, 4.69) is 24.8 Å². The number of aromatic nitrogens is 4. The number of piperazine rings is 1. The summed E-state index contributed by atoms with van der Waals surface area (Å²) in [5.74, 6) is 2.63. The van der Waals surface area contributed by atoms with Gasteiger partial charge in [0.25, 0.3) is 10.0 Å². The molecule has 11 heteroatoms. The van der Waals surface area contributed by atoms with Crippen LogP contribution in [0.3, 0.4) is 0 Å². The molecule has 0 N–H and O–H groups in total. The van der Waals surface area contributed by atoms with Crippen LogP contribution in [0.2, 0.25) is 0 Å². The van der Waals surface area contributed by atoms with Crippen molar-refractivity contribution in [3.63, 3.8) is 0 Å². The van der Waals surface area contributed by atoms with Crippen molar-refractivity contribution < 1.29 is 13.2 Å². The molecule has 0 atom stereocenters. The minimum Gasteiger partial charge on any atom is -0.378 e. The maximum Gasteiger partial charge on any atom is 0.262 e. The van der Waals surface area contributed by atoms with E-state index < -0.39 is 10.0 Å². The van der Waals surface area contributed by atoms with E-state index >= 15 is 0 Å². The van der Waals surface area contributed by atoms with Gasteiger partial charge in [-0.05, 0) is 0 Å². The normalized spacial score (nSPS) is 18.9. The highest BCUT2D eigenvalue weighted by atomic mass is 32.2. The van der Waals surface area contributed by atoms with Gasteiger partial charge in [0, 0.05) is 64.5 Å². The summed E-state index contributed by atoms with van der Waals surface area (Å²) in [4.78, 5) is 17.5. The number of anilines is 2. The fourth-order valence-electron chi connectivity index (χ4n) is 3.88. The van der Waals surface area contributed by atoms with Crippen molar-refractivity contribution in [1.82, 2.24) is 23.8 Å². The van der Waals surface area contributed by atoms with E-state index in [4.69, 9.17) is 4.74 Å². The standard InChI is InChI=1S/C19H29N7O3S/c1-15(2)19-22-18(13-23(19)3)30(27,28)26-6-4-24(5-7-26)16-12-17(21-14-20-16)25-8-10-29-11-9-25/h12-15H,4-11H2,1-3H3. The first-order valence-corrected chi connectivity index (χ1v) is 11.7. The topological polar surface area (TPSA) is 96.7 Å². The number of aryl methyl sites for hydroxylation is 1. The summed E-state index contributed by atoms with van der Waals surface area (Å²) in [6.45, 7) is 8.96. The van der Waals surface area contributed by atoms with Gasteiger partial charge < -0.3 is 19.1 Å². The Hall–Kier alpha value is -2.24. The molecule has 4 heterocycles. The molecule has 2 aromatic rings. The van der Waals surface area contributed by atoms with Gasteiger partial charge in [0.1, 0.15) is 23.8 Å². The van der Waals surface area contributed by atoms with Crippen molar-refractivity contribution in [1.29, 1.82) is 0 Å². The van der Waals surface area contributed by atoms with Gasteiger partial charge in [-0.15, -0.1) is 0 Å². The maximum atomic E-state index is 13.1. The molecule has 4 rings (SSSR count). The van der Waals surface area contributed by atoms with E-state index in [0.717, 1.165) is 30.5 Å². The van der Waals surface area contributed by atoms with Gasteiger partial charge >= 0.3 is 0 Å². The van der Waals surface area contributed by atoms with Crippen LogP contribution < -0.4 is 9.80 Å². The Morgan fingerprint density at radius 2 is 1.57 bits per heavy atom. The number of hydrogen-bond donors (Lipinski definition) is 0. The third-order valence-electron chi connectivity index (χ3n) is 5.55. The van der Waals surface area contributed by atoms with Gasteiger partial charge in [-0.1, -0.05) is 13.8 Å². The van der Waals surface area contributed by atoms with Crippen LogP contribution in [0.25, 0.3) is 0 Å². The average Bonchev–Trinajstić information content (AvgIpc) is 3.17. The van der Waals surface area contributed by atoms with Gasteiger partial charge in [-0.2, -0.15) is 4.31 Å². The summed E-state index contributed by atoms with van der Waals surface area (Å²) in [6, 6.07) is 1.98. The van der Waals surface area contributed by atoms with Crippen molar-refractivity contribution in [2.24, 2.45) is 7.05 Å². The molecule has 2 aliphatic rings. The van der Waals surface area contributed by atoms with Crippen LogP contribution in [0.15, 0.2) is 23.6 Å². The second-order valence-corrected chi connectivity index (χ2v) is 9.81. The minimum atomic E-state index is -3.61. The predicted octanol–water partition coefficient (Wildman–Crippen LogP) is 0.681. The van der Waals surface area contributed by atoms with Gasteiger partial charge in [0.05, 0.1) is 13.2 Å². The highest BCUT2D eigenvalue weighted by molar-refractivity contribution is 7.89. The molecule has 2 saturated heterocycles. The van der Waals surface area contributed by atoms with E-state index in [-0.39, 0.29) is 10.9 Å². The van der Waals surface area contributed by atoms with Crippen LogP contribution in [-0.2, 0) is 21.8 Å². The first-order chi connectivity index (χ1) is 14.4. The number of rotatable bonds is 5. The van der Waals surface area contributed by atoms with Gasteiger partial charge in [0.15, 0.2) is 5.03 Å². The molecule has 10 nitrogen and oxygen atoms in total. The smallest absolute Gasteiger partial charge is 0.262 e. The lowest BCUT2D eigenvalue weighted by molar-refractivity contribution is 0.122. The second kappa shape index (κ2) is 8.48. The number of morpholine rings is 1. The Labute approximate surface area is 177 Å². The summed E-state index contributed by atoms with van der Waals surface area (Å²) >= 11 is 0. The molecule has 0 aliphatic carbocycles. The lowest BCUT2D eigenvalue weighted by Gasteiger charge is -2.35. The van der Waals surface area contributed by atoms with Crippen LogP contribution in [-0.4, -0.2) is 84.7 Å². The molecule has 0 aromatic carbocycles. The highest BCUT2D eigenvalue weighted by Crippen LogP contribution is 2.23. The summed E-state index contributed by atoms with van der Waals surface area (Å²) < 4.78 is 34.8. The van der Waals surface area contributed by atoms with Crippen molar-refractivity contribution in [3.05, 3.63) is 24.4 Å². The first-order valence-electron chi connectivity index (χ1n) is 10.3. The Kier molecular flexibility index (Phi) is 5.94. The van der Waals surface area contributed by atoms with Gasteiger partial charge in [-0.25, -0.2) is 23.4 Å². The van der Waals surface area contributed by atoms with Crippen molar-refractivity contribution >= 4 is 21.7 Å². The molecule has 2 fully saturated rings.